The molecule has 0 saturated heterocycles. The lowest BCUT2D eigenvalue weighted by atomic mass is 10.1. The smallest absolute Gasteiger partial charge is 0.239 e. The van der Waals surface area contributed by atoms with Crippen molar-refractivity contribution in [1.29, 1.82) is 0 Å². The largest absolute Gasteiger partial charge is 0.338 e. The first-order valence-corrected chi connectivity index (χ1v) is 8.61. The minimum atomic E-state index is 0.193. The van der Waals surface area contributed by atoms with Gasteiger partial charge in [0.1, 0.15) is 0 Å². The van der Waals surface area contributed by atoms with Crippen LogP contribution in [0.5, 0.6) is 0 Å². The highest BCUT2D eigenvalue weighted by molar-refractivity contribution is 7.98. The SMILES string of the molecule is CC(C)c1noc(C(C)SCc2cccc3ccccc23)n1. The normalized spacial score (nSPS) is 12.9. The van der Waals surface area contributed by atoms with E-state index in [2.05, 4.69) is 73.4 Å². The third-order valence-corrected chi connectivity index (χ3v) is 4.87. The van der Waals surface area contributed by atoms with E-state index in [4.69, 9.17) is 4.52 Å². The molecule has 1 unspecified atom stereocenters. The van der Waals surface area contributed by atoms with Gasteiger partial charge in [0.25, 0.3) is 0 Å². The highest BCUT2D eigenvalue weighted by Crippen LogP contribution is 2.32. The molecule has 0 N–H and O–H groups in total. The number of hydrogen-bond acceptors (Lipinski definition) is 4. The summed E-state index contributed by atoms with van der Waals surface area (Å²) in [5.74, 6) is 2.73. The van der Waals surface area contributed by atoms with Gasteiger partial charge in [0, 0.05) is 11.7 Å². The van der Waals surface area contributed by atoms with Gasteiger partial charge in [-0.2, -0.15) is 4.98 Å². The molecule has 0 amide bonds. The third kappa shape index (κ3) is 3.17. The highest BCUT2D eigenvalue weighted by atomic mass is 32.2. The fourth-order valence-corrected chi connectivity index (χ4v) is 3.27. The first kappa shape index (κ1) is 15.1. The molecular formula is C18H20N2OS. The summed E-state index contributed by atoms with van der Waals surface area (Å²) < 4.78 is 5.38. The van der Waals surface area contributed by atoms with Crippen molar-refractivity contribution in [2.45, 2.75) is 37.7 Å². The zero-order valence-corrected chi connectivity index (χ0v) is 13.9. The Hall–Kier alpha value is -1.81. The quantitative estimate of drug-likeness (QED) is 0.637. The number of nitrogens with zero attached hydrogens (tertiary/aromatic N) is 2. The number of thioether (sulfide) groups is 1. The summed E-state index contributed by atoms with van der Waals surface area (Å²) in [6.45, 7) is 6.26. The van der Waals surface area contributed by atoms with Crippen molar-refractivity contribution in [1.82, 2.24) is 10.1 Å². The van der Waals surface area contributed by atoms with Crippen LogP contribution in [0.15, 0.2) is 47.0 Å². The van der Waals surface area contributed by atoms with E-state index in [1.807, 2.05) is 11.8 Å². The molecule has 1 aromatic heterocycles. The van der Waals surface area contributed by atoms with Crippen molar-refractivity contribution in [3.8, 4) is 0 Å². The Morgan fingerprint density at radius 1 is 1.05 bits per heavy atom. The zero-order chi connectivity index (χ0) is 15.5. The third-order valence-electron chi connectivity index (χ3n) is 3.69. The molecule has 0 bridgehead atoms. The first-order valence-electron chi connectivity index (χ1n) is 7.57. The van der Waals surface area contributed by atoms with Crippen LogP contribution in [0, 0.1) is 0 Å². The van der Waals surface area contributed by atoms with E-state index < -0.39 is 0 Å². The summed E-state index contributed by atoms with van der Waals surface area (Å²) in [5, 5.41) is 6.84. The van der Waals surface area contributed by atoms with E-state index in [1.165, 1.54) is 16.3 Å². The molecule has 2 aromatic carbocycles. The van der Waals surface area contributed by atoms with Gasteiger partial charge in [-0.05, 0) is 23.3 Å². The fourth-order valence-electron chi connectivity index (χ4n) is 2.35. The molecule has 0 radical (unpaired) electrons. The van der Waals surface area contributed by atoms with Gasteiger partial charge in [-0.25, -0.2) is 0 Å². The number of rotatable bonds is 5. The molecule has 0 spiro atoms. The van der Waals surface area contributed by atoms with Crippen molar-refractivity contribution in [3.05, 3.63) is 59.7 Å². The van der Waals surface area contributed by atoms with E-state index in [0.29, 0.717) is 11.8 Å². The molecule has 4 heteroatoms. The van der Waals surface area contributed by atoms with Crippen LogP contribution < -0.4 is 0 Å². The van der Waals surface area contributed by atoms with Crippen molar-refractivity contribution in [2.24, 2.45) is 0 Å². The molecule has 3 nitrogen and oxygen atoms in total. The lowest BCUT2D eigenvalue weighted by Gasteiger charge is -2.09. The summed E-state index contributed by atoms with van der Waals surface area (Å²) in [6.07, 6.45) is 0. The second-order valence-corrected chi connectivity index (χ2v) is 7.07. The average molecular weight is 312 g/mol. The maximum atomic E-state index is 5.38. The Bertz CT molecular complexity index is 761. The van der Waals surface area contributed by atoms with Gasteiger partial charge in [-0.15, -0.1) is 11.8 Å². The van der Waals surface area contributed by atoms with Gasteiger partial charge in [-0.3, -0.25) is 0 Å². The van der Waals surface area contributed by atoms with Gasteiger partial charge in [0.2, 0.25) is 5.89 Å². The molecule has 0 fully saturated rings. The molecular weight excluding hydrogens is 292 g/mol. The molecule has 3 aromatic rings. The Morgan fingerprint density at radius 2 is 1.82 bits per heavy atom. The summed E-state index contributed by atoms with van der Waals surface area (Å²) in [6, 6.07) is 15.0. The summed E-state index contributed by atoms with van der Waals surface area (Å²) in [5.41, 5.74) is 1.35. The molecule has 1 heterocycles. The van der Waals surface area contributed by atoms with Crippen molar-refractivity contribution in [2.75, 3.05) is 0 Å². The lowest BCUT2D eigenvalue weighted by molar-refractivity contribution is 0.373. The van der Waals surface area contributed by atoms with Gasteiger partial charge in [0.05, 0.1) is 5.25 Å². The lowest BCUT2D eigenvalue weighted by Crippen LogP contribution is -1.93. The van der Waals surface area contributed by atoms with Crippen molar-refractivity contribution >= 4 is 22.5 Å². The molecule has 0 aliphatic carbocycles. The van der Waals surface area contributed by atoms with Crippen molar-refractivity contribution < 1.29 is 4.52 Å². The van der Waals surface area contributed by atoms with E-state index in [9.17, 15) is 0 Å². The van der Waals surface area contributed by atoms with E-state index in [1.54, 1.807) is 0 Å². The minimum Gasteiger partial charge on any atom is -0.338 e. The molecule has 0 aliphatic heterocycles. The highest BCUT2D eigenvalue weighted by Gasteiger charge is 2.16. The van der Waals surface area contributed by atoms with Crippen LogP contribution in [-0.4, -0.2) is 10.1 Å². The van der Waals surface area contributed by atoms with E-state index >= 15 is 0 Å². The number of benzene rings is 2. The van der Waals surface area contributed by atoms with Crippen molar-refractivity contribution in [3.63, 3.8) is 0 Å². The van der Waals surface area contributed by atoms with Crippen LogP contribution in [-0.2, 0) is 5.75 Å². The number of fused-ring (bicyclic) bond motifs is 1. The summed E-state index contributed by atoms with van der Waals surface area (Å²) >= 11 is 1.83. The molecule has 3 rings (SSSR count). The molecule has 0 saturated carbocycles. The van der Waals surface area contributed by atoms with Crippen LogP contribution >= 0.6 is 11.8 Å². The Kier molecular flexibility index (Phi) is 4.48. The predicted octanol–water partition coefficient (Wildman–Crippen LogP) is 5.34. The fraction of sp³-hybridized carbons (Fsp3) is 0.333. The molecule has 22 heavy (non-hydrogen) atoms. The second-order valence-electron chi connectivity index (χ2n) is 5.74. The topological polar surface area (TPSA) is 38.9 Å². The molecule has 1 atom stereocenters. The maximum Gasteiger partial charge on any atom is 0.239 e. The van der Waals surface area contributed by atoms with Gasteiger partial charge in [-0.1, -0.05) is 61.5 Å². The standard InChI is InChI=1S/C18H20N2OS/c1-12(2)17-19-18(21-20-17)13(3)22-11-15-9-6-8-14-7-4-5-10-16(14)15/h4-10,12-13H,11H2,1-3H3. The van der Waals surface area contributed by atoms with Crippen LogP contribution in [0.25, 0.3) is 10.8 Å². The van der Waals surface area contributed by atoms with Gasteiger partial charge in [0.15, 0.2) is 5.82 Å². The minimum absolute atomic E-state index is 0.193. The Labute approximate surface area is 135 Å². The van der Waals surface area contributed by atoms with Crippen LogP contribution in [0.4, 0.5) is 0 Å². The number of aromatic nitrogens is 2. The van der Waals surface area contributed by atoms with Crippen LogP contribution in [0.3, 0.4) is 0 Å². The van der Waals surface area contributed by atoms with Crippen LogP contribution in [0.1, 0.15) is 49.2 Å². The van der Waals surface area contributed by atoms with Gasteiger partial charge >= 0.3 is 0 Å². The summed E-state index contributed by atoms with van der Waals surface area (Å²) in [7, 11) is 0. The van der Waals surface area contributed by atoms with E-state index in [-0.39, 0.29) is 5.25 Å². The summed E-state index contributed by atoms with van der Waals surface area (Å²) in [4.78, 5) is 4.49. The first-order chi connectivity index (χ1) is 10.6. The maximum absolute atomic E-state index is 5.38. The monoisotopic (exact) mass is 312 g/mol. The zero-order valence-electron chi connectivity index (χ0n) is 13.1. The Morgan fingerprint density at radius 3 is 2.59 bits per heavy atom. The van der Waals surface area contributed by atoms with Crippen LogP contribution in [0.2, 0.25) is 0 Å². The Balaban J connectivity index is 1.73. The molecule has 114 valence electrons. The van der Waals surface area contributed by atoms with Gasteiger partial charge < -0.3 is 4.52 Å². The number of hydrogen-bond donors (Lipinski definition) is 0. The predicted molar refractivity (Wildman–Crippen MR) is 92.0 cm³/mol. The molecule has 0 aliphatic rings. The van der Waals surface area contributed by atoms with E-state index in [0.717, 1.165) is 11.6 Å². The average Bonchev–Trinajstić information content (AvgIpc) is 3.03. The second kappa shape index (κ2) is 6.53.